The molecule has 7 nitrogen and oxygen atoms in total. The number of amides is 2. The summed E-state index contributed by atoms with van der Waals surface area (Å²) in [5.74, 6) is 0.268. The highest BCUT2D eigenvalue weighted by molar-refractivity contribution is 14.1. The topological polar surface area (TPSA) is 89.5 Å². The number of methoxy groups -OCH3 is 2. The van der Waals surface area contributed by atoms with Crippen molar-refractivity contribution >= 4 is 40.1 Å². The zero-order chi connectivity index (χ0) is 17.5. The number of carbonyl (C=O) groups excluding carboxylic acids is 2. The molecule has 0 aliphatic rings. The maximum absolute atomic E-state index is 12.3. The van der Waals surface area contributed by atoms with Crippen LogP contribution in [0.5, 0.6) is 11.5 Å². The predicted molar refractivity (Wildman–Crippen MR) is 97.5 cm³/mol. The standard InChI is InChI=1S/C16H16IN3O4/c1-23-13-6-11(12(17)7-14(13)24-2)16(22)19-9-15(21)20-10-4-3-5-18-8-10/h3-8H,9H2,1-2H3,(H,19,22)(H,20,21). The molecule has 0 saturated heterocycles. The van der Waals surface area contributed by atoms with Gasteiger partial charge in [0.1, 0.15) is 0 Å². The van der Waals surface area contributed by atoms with Gasteiger partial charge >= 0.3 is 0 Å². The Balaban J connectivity index is 2.01. The number of aromatic nitrogens is 1. The van der Waals surface area contributed by atoms with Gasteiger partial charge in [-0.2, -0.15) is 0 Å². The van der Waals surface area contributed by atoms with Crippen molar-refractivity contribution in [2.75, 3.05) is 26.1 Å². The molecule has 0 aliphatic heterocycles. The summed E-state index contributed by atoms with van der Waals surface area (Å²) >= 11 is 2.03. The number of anilines is 1. The van der Waals surface area contributed by atoms with Crippen LogP contribution in [0, 0.1) is 3.57 Å². The number of hydrogen-bond acceptors (Lipinski definition) is 5. The van der Waals surface area contributed by atoms with Crippen molar-refractivity contribution in [2.45, 2.75) is 0 Å². The molecule has 1 aromatic heterocycles. The molecule has 0 spiro atoms. The maximum Gasteiger partial charge on any atom is 0.252 e. The first kappa shape index (κ1) is 18.0. The monoisotopic (exact) mass is 441 g/mol. The van der Waals surface area contributed by atoms with Gasteiger partial charge in [0.05, 0.1) is 38.2 Å². The summed E-state index contributed by atoms with van der Waals surface area (Å²) in [4.78, 5) is 28.0. The van der Waals surface area contributed by atoms with E-state index in [4.69, 9.17) is 9.47 Å². The van der Waals surface area contributed by atoms with E-state index in [0.717, 1.165) is 0 Å². The summed E-state index contributed by atoms with van der Waals surface area (Å²) in [5, 5.41) is 5.22. The number of halogens is 1. The number of nitrogens with zero attached hydrogens (tertiary/aromatic N) is 1. The van der Waals surface area contributed by atoms with Gasteiger partial charge in [0.25, 0.3) is 5.91 Å². The molecule has 0 unspecified atom stereocenters. The quantitative estimate of drug-likeness (QED) is 0.671. The van der Waals surface area contributed by atoms with Gasteiger partial charge in [-0.1, -0.05) is 0 Å². The molecule has 126 valence electrons. The SMILES string of the molecule is COc1cc(I)c(C(=O)NCC(=O)Nc2cccnc2)cc1OC. The number of ether oxygens (including phenoxy) is 2. The van der Waals surface area contributed by atoms with E-state index in [-0.39, 0.29) is 18.4 Å². The lowest BCUT2D eigenvalue weighted by Gasteiger charge is -2.12. The Morgan fingerprint density at radius 2 is 1.92 bits per heavy atom. The van der Waals surface area contributed by atoms with Gasteiger partial charge < -0.3 is 20.1 Å². The number of hydrogen-bond donors (Lipinski definition) is 2. The Labute approximate surface area is 152 Å². The average Bonchev–Trinajstić information content (AvgIpc) is 2.60. The predicted octanol–water partition coefficient (Wildman–Crippen LogP) is 2.07. The minimum Gasteiger partial charge on any atom is -0.493 e. The summed E-state index contributed by atoms with van der Waals surface area (Å²) < 4.78 is 11.1. The van der Waals surface area contributed by atoms with Crippen molar-refractivity contribution in [1.82, 2.24) is 10.3 Å². The molecule has 0 aliphatic carbocycles. The summed E-state index contributed by atoms with van der Waals surface area (Å²) in [6.07, 6.45) is 3.13. The Morgan fingerprint density at radius 3 is 2.54 bits per heavy atom. The molecular formula is C16H16IN3O4. The van der Waals surface area contributed by atoms with E-state index in [1.165, 1.54) is 20.4 Å². The van der Waals surface area contributed by atoms with Crippen molar-refractivity contribution < 1.29 is 19.1 Å². The first-order valence-corrected chi connectivity index (χ1v) is 8.02. The van der Waals surface area contributed by atoms with E-state index in [9.17, 15) is 9.59 Å². The minimum atomic E-state index is -0.373. The van der Waals surface area contributed by atoms with Crippen LogP contribution in [0.2, 0.25) is 0 Å². The van der Waals surface area contributed by atoms with Gasteiger partial charge in [-0.05, 0) is 46.9 Å². The Morgan fingerprint density at radius 1 is 1.21 bits per heavy atom. The molecule has 2 N–H and O–H groups in total. The smallest absolute Gasteiger partial charge is 0.252 e. The second-order valence-electron chi connectivity index (χ2n) is 4.66. The maximum atomic E-state index is 12.3. The van der Waals surface area contributed by atoms with Crippen molar-refractivity contribution in [3.8, 4) is 11.5 Å². The van der Waals surface area contributed by atoms with Crippen LogP contribution in [0.25, 0.3) is 0 Å². The minimum absolute atomic E-state index is 0.155. The van der Waals surface area contributed by atoms with Gasteiger partial charge in [-0.25, -0.2) is 0 Å². The molecule has 2 rings (SSSR count). The lowest BCUT2D eigenvalue weighted by atomic mass is 10.2. The number of rotatable bonds is 6. The van der Waals surface area contributed by atoms with Crippen LogP contribution in [0.3, 0.4) is 0 Å². The summed E-state index contributed by atoms with van der Waals surface area (Å²) in [5.41, 5.74) is 0.972. The second-order valence-corrected chi connectivity index (χ2v) is 5.82. The van der Waals surface area contributed by atoms with Crippen LogP contribution in [-0.4, -0.2) is 37.6 Å². The fraction of sp³-hybridized carbons (Fsp3) is 0.188. The van der Waals surface area contributed by atoms with Crippen LogP contribution in [0.1, 0.15) is 10.4 Å². The van der Waals surface area contributed by atoms with E-state index in [2.05, 4.69) is 15.6 Å². The summed E-state index contributed by atoms with van der Waals surface area (Å²) in [6, 6.07) is 6.70. The van der Waals surface area contributed by atoms with E-state index >= 15 is 0 Å². The zero-order valence-electron chi connectivity index (χ0n) is 13.1. The molecule has 0 atom stereocenters. The Kier molecular flexibility index (Phi) is 6.36. The van der Waals surface area contributed by atoms with Crippen molar-refractivity contribution in [2.24, 2.45) is 0 Å². The fourth-order valence-corrected chi connectivity index (χ4v) is 2.61. The van der Waals surface area contributed by atoms with Gasteiger partial charge in [-0.3, -0.25) is 14.6 Å². The summed E-state index contributed by atoms with van der Waals surface area (Å²) in [7, 11) is 3.02. The molecule has 1 heterocycles. The number of carbonyl (C=O) groups is 2. The van der Waals surface area contributed by atoms with Crippen LogP contribution in [-0.2, 0) is 4.79 Å². The molecule has 1 aromatic carbocycles. The largest absolute Gasteiger partial charge is 0.493 e. The zero-order valence-corrected chi connectivity index (χ0v) is 15.3. The normalized spacial score (nSPS) is 9.96. The number of benzene rings is 1. The third-order valence-corrected chi connectivity index (χ3v) is 3.97. The van der Waals surface area contributed by atoms with Gasteiger partial charge in [0, 0.05) is 9.77 Å². The van der Waals surface area contributed by atoms with Crippen LogP contribution in [0.4, 0.5) is 5.69 Å². The fourth-order valence-electron chi connectivity index (χ4n) is 1.93. The van der Waals surface area contributed by atoms with Crippen molar-refractivity contribution in [1.29, 1.82) is 0 Å². The molecule has 0 radical (unpaired) electrons. The molecule has 0 fully saturated rings. The third kappa shape index (κ3) is 4.57. The van der Waals surface area contributed by atoms with Crippen molar-refractivity contribution in [3.05, 3.63) is 45.8 Å². The lowest BCUT2D eigenvalue weighted by molar-refractivity contribution is -0.115. The molecule has 2 amide bonds. The second kappa shape index (κ2) is 8.48. The van der Waals surface area contributed by atoms with E-state index in [1.54, 1.807) is 30.5 Å². The van der Waals surface area contributed by atoms with E-state index in [1.807, 2.05) is 22.6 Å². The highest BCUT2D eigenvalue weighted by Gasteiger charge is 2.16. The highest BCUT2D eigenvalue weighted by Crippen LogP contribution is 2.31. The Hall–Kier alpha value is -2.36. The average molecular weight is 441 g/mol. The Bertz CT molecular complexity index is 738. The molecule has 2 aromatic rings. The molecule has 24 heavy (non-hydrogen) atoms. The first-order valence-electron chi connectivity index (χ1n) is 6.94. The number of pyridine rings is 1. The molecule has 8 heteroatoms. The van der Waals surface area contributed by atoms with Crippen LogP contribution >= 0.6 is 22.6 Å². The lowest BCUT2D eigenvalue weighted by Crippen LogP contribution is -2.33. The van der Waals surface area contributed by atoms with E-state index < -0.39 is 0 Å². The molecule has 0 bridgehead atoms. The third-order valence-electron chi connectivity index (χ3n) is 3.07. The first-order chi connectivity index (χ1) is 11.5. The van der Waals surface area contributed by atoms with E-state index in [0.29, 0.717) is 26.3 Å². The van der Waals surface area contributed by atoms with Gasteiger partial charge in [0.15, 0.2) is 11.5 Å². The van der Waals surface area contributed by atoms with Crippen LogP contribution in [0.15, 0.2) is 36.7 Å². The van der Waals surface area contributed by atoms with Gasteiger partial charge in [0.2, 0.25) is 5.91 Å². The van der Waals surface area contributed by atoms with Crippen LogP contribution < -0.4 is 20.1 Å². The number of nitrogens with one attached hydrogen (secondary N) is 2. The summed E-state index contributed by atoms with van der Waals surface area (Å²) in [6.45, 7) is -0.155. The van der Waals surface area contributed by atoms with Crippen molar-refractivity contribution in [3.63, 3.8) is 0 Å². The molecule has 0 saturated carbocycles. The molecular weight excluding hydrogens is 425 g/mol. The van der Waals surface area contributed by atoms with Gasteiger partial charge in [-0.15, -0.1) is 0 Å². The highest BCUT2D eigenvalue weighted by atomic mass is 127.